The van der Waals surface area contributed by atoms with E-state index in [1.807, 2.05) is 0 Å². The van der Waals surface area contributed by atoms with E-state index in [9.17, 15) is 13.2 Å². The normalized spacial score (nSPS) is 13.4. The van der Waals surface area contributed by atoms with E-state index < -0.39 is 10.0 Å². The first-order valence-electron chi connectivity index (χ1n) is 9.75. The van der Waals surface area contributed by atoms with Crippen LogP contribution in [0.5, 0.6) is 5.75 Å². The first-order chi connectivity index (χ1) is 14.9. The molecule has 1 N–H and O–H groups in total. The van der Waals surface area contributed by atoms with E-state index in [4.69, 9.17) is 16.3 Å². The summed E-state index contributed by atoms with van der Waals surface area (Å²) in [6.45, 7) is 0.569. The molecule has 1 heterocycles. The fourth-order valence-corrected chi connectivity index (χ4v) is 4.88. The molecule has 0 spiro atoms. The monoisotopic (exact) mass is 456 g/mol. The van der Waals surface area contributed by atoms with Crippen LogP contribution in [0.2, 0.25) is 5.02 Å². The molecule has 0 radical (unpaired) electrons. The molecule has 0 unspecified atom stereocenters. The summed E-state index contributed by atoms with van der Waals surface area (Å²) in [6, 6.07) is 18.4. The van der Waals surface area contributed by atoms with Crippen molar-refractivity contribution < 1.29 is 17.9 Å². The van der Waals surface area contributed by atoms with Crippen LogP contribution in [0.1, 0.15) is 22.3 Å². The molecule has 0 aliphatic carbocycles. The largest absolute Gasteiger partial charge is 0.495 e. The number of sulfonamides is 1. The maximum absolute atomic E-state index is 13.0. The molecule has 1 aliphatic heterocycles. The third-order valence-electron chi connectivity index (χ3n) is 5.17. The van der Waals surface area contributed by atoms with Crippen LogP contribution < -0.4 is 14.4 Å². The molecule has 1 amide bonds. The number of benzene rings is 3. The number of nitrogens with one attached hydrogen (secondary N) is 1. The third-order valence-corrected chi connectivity index (χ3v) is 6.78. The van der Waals surface area contributed by atoms with Crippen LogP contribution in [0.15, 0.2) is 71.6 Å². The molecule has 4 rings (SSSR count). The molecule has 31 heavy (non-hydrogen) atoms. The Bertz CT molecular complexity index is 1230. The summed E-state index contributed by atoms with van der Waals surface area (Å²) in [4.78, 5) is 14.8. The zero-order valence-corrected chi connectivity index (χ0v) is 18.4. The molecule has 0 bridgehead atoms. The van der Waals surface area contributed by atoms with E-state index in [0.29, 0.717) is 35.0 Å². The number of carbonyl (C=O) groups is 1. The van der Waals surface area contributed by atoms with E-state index >= 15 is 0 Å². The molecule has 3 aromatic carbocycles. The lowest BCUT2D eigenvalue weighted by atomic mass is 10.0. The zero-order chi connectivity index (χ0) is 22.0. The van der Waals surface area contributed by atoms with E-state index in [-0.39, 0.29) is 10.8 Å². The van der Waals surface area contributed by atoms with E-state index in [2.05, 4.69) is 4.72 Å². The number of fused-ring (bicyclic) bond motifs is 1. The highest BCUT2D eigenvalue weighted by molar-refractivity contribution is 7.92. The number of hydrogen-bond acceptors (Lipinski definition) is 4. The number of aryl methyl sites for hydroxylation is 1. The predicted octanol–water partition coefficient (Wildman–Crippen LogP) is 4.74. The third kappa shape index (κ3) is 4.38. The van der Waals surface area contributed by atoms with Crippen LogP contribution >= 0.6 is 11.6 Å². The Morgan fingerprint density at radius 1 is 1.06 bits per heavy atom. The SMILES string of the molecule is COc1ccccc1NS(=O)(=O)c1ccc2c(c1)CCCN2C(=O)c1ccc(Cl)cc1. The summed E-state index contributed by atoms with van der Waals surface area (Å²) >= 11 is 5.92. The average Bonchev–Trinajstić information content (AvgIpc) is 2.78. The molecule has 0 saturated carbocycles. The molecule has 1 aliphatic rings. The topological polar surface area (TPSA) is 75.7 Å². The van der Waals surface area contributed by atoms with Crippen LogP contribution in [-0.4, -0.2) is 28.0 Å². The van der Waals surface area contributed by atoms with Gasteiger partial charge in [0.2, 0.25) is 0 Å². The van der Waals surface area contributed by atoms with Crippen molar-refractivity contribution in [3.05, 3.63) is 82.9 Å². The summed E-state index contributed by atoms with van der Waals surface area (Å²) in [5.74, 6) is 0.296. The Hall–Kier alpha value is -3.03. The van der Waals surface area contributed by atoms with Crippen LogP contribution in [-0.2, 0) is 16.4 Å². The number of methoxy groups -OCH3 is 1. The van der Waals surface area contributed by atoms with Gasteiger partial charge in [-0.05, 0) is 73.0 Å². The molecular formula is C23H21ClN2O4S. The molecule has 0 atom stereocenters. The Balaban J connectivity index is 1.63. The summed E-state index contributed by atoms with van der Waals surface area (Å²) < 4.78 is 33.7. The van der Waals surface area contributed by atoms with Gasteiger partial charge in [-0.3, -0.25) is 9.52 Å². The number of rotatable bonds is 5. The summed E-state index contributed by atoms with van der Waals surface area (Å²) in [7, 11) is -2.34. The number of halogens is 1. The van der Waals surface area contributed by atoms with Crippen LogP contribution in [0, 0.1) is 0 Å². The van der Waals surface area contributed by atoms with Gasteiger partial charge in [0.25, 0.3) is 15.9 Å². The van der Waals surface area contributed by atoms with Gasteiger partial charge < -0.3 is 9.64 Å². The Morgan fingerprint density at radius 2 is 1.81 bits per heavy atom. The average molecular weight is 457 g/mol. The second-order valence-corrected chi connectivity index (χ2v) is 9.28. The minimum Gasteiger partial charge on any atom is -0.495 e. The van der Waals surface area contributed by atoms with Gasteiger partial charge in [0.15, 0.2) is 0 Å². The Kier molecular flexibility index (Phi) is 5.89. The predicted molar refractivity (Wildman–Crippen MR) is 122 cm³/mol. The van der Waals surface area contributed by atoms with Crippen LogP contribution in [0.4, 0.5) is 11.4 Å². The molecule has 0 saturated heterocycles. The lowest BCUT2D eigenvalue weighted by Crippen LogP contribution is -2.35. The van der Waals surface area contributed by atoms with Gasteiger partial charge in [0.05, 0.1) is 17.7 Å². The van der Waals surface area contributed by atoms with Crippen LogP contribution in [0.25, 0.3) is 0 Å². The van der Waals surface area contributed by atoms with Crippen LogP contribution in [0.3, 0.4) is 0 Å². The zero-order valence-electron chi connectivity index (χ0n) is 16.8. The number of nitrogens with zero attached hydrogens (tertiary/aromatic N) is 1. The number of amides is 1. The van der Waals surface area contributed by atoms with Crippen molar-refractivity contribution in [1.82, 2.24) is 0 Å². The molecular weight excluding hydrogens is 436 g/mol. The van der Waals surface area contributed by atoms with Crippen molar-refractivity contribution in [2.45, 2.75) is 17.7 Å². The van der Waals surface area contributed by atoms with Crippen molar-refractivity contribution in [3.8, 4) is 5.75 Å². The lowest BCUT2D eigenvalue weighted by molar-refractivity contribution is 0.0985. The maximum atomic E-state index is 13.0. The van der Waals surface area contributed by atoms with Gasteiger partial charge in [-0.15, -0.1) is 0 Å². The van der Waals surface area contributed by atoms with Gasteiger partial charge in [-0.1, -0.05) is 23.7 Å². The highest BCUT2D eigenvalue weighted by atomic mass is 35.5. The molecule has 0 aromatic heterocycles. The number of para-hydroxylation sites is 2. The van der Waals surface area contributed by atoms with Gasteiger partial charge in [-0.2, -0.15) is 0 Å². The summed E-state index contributed by atoms with van der Waals surface area (Å²) in [5, 5.41) is 0.563. The van der Waals surface area contributed by atoms with Gasteiger partial charge in [0.1, 0.15) is 5.75 Å². The van der Waals surface area contributed by atoms with Crippen molar-refractivity contribution >= 4 is 38.9 Å². The van der Waals surface area contributed by atoms with Crippen molar-refractivity contribution in [2.24, 2.45) is 0 Å². The number of ether oxygens (including phenoxy) is 1. The first-order valence-corrected chi connectivity index (χ1v) is 11.6. The van der Waals surface area contributed by atoms with E-state index in [1.54, 1.807) is 65.6 Å². The van der Waals surface area contributed by atoms with E-state index in [0.717, 1.165) is 17.7 Å². The fraction of sp³-hybridized carbons (Fsp3) is 0.174. The van der Waals surface area contributed by atoms with E-state index in [1.165, 1.54) is 13.2 Å². The molecule has 0 fully saturated rings. The number of hydrogen-bond donors (Lipinski definition) is 1. The highest BCUT2D eigenvalue weighted by Crippen LogP contribution is 2.32. The fourth-order valence-electron chi connectivity index (χ4n) is 3.63. The Morgan fingerprint density at radius 3 is 2.55 bits per heavy atom. The molecule has 6 nitrogen and oxygen atoms in total. The second-order valence-electron chi connectivity index (χ2n) is 7.16. The minimum absolute atomic E-state index is 0.137. The standard InChI is InChI=1S/C23H21ClN2O4S/c1-30-22-7-3-2-6-20(22)25-31(28,29)19-12-13-21-17(15-19)5-4-14-26(21)23(27)16-8-10-18(24)11-9-16/h2-3,6-13,15,25H,4-5,14H2,1H3. The minimum atomic E-state index is -3.82. The molecule has 8 heteroatoms. The smallest absolute Gasteiger partial charge is 0.262 e. The summed E-state index contributed by atoms with van der Waals surface area (Å²) in [5.41, 5.74) is 2.44. The van der Waals surface area contributed by atoms with Crippen molar-refractivity contribution in [3.63, 3.8) is 0 Å². The first kappa shape index (κ1) is 21.2. The summed E-state index contributed by atoms with van der Waals surface area (Å²) in [6.07, 6.45) is 1.44. The van der Waals surface area contributed by atoms with Gasteiger partial charge in [-0.25, -0.2) is 8.42 Å². The van der Waals surface area contributed by atoms with Gasteiger partial charge in [0, 0.05) is 22.8 Å². The quantitative estimate of drug-likeness (QED) is 0.601. The van der Waals surface area contributed by atoms with Crippen molar-refractivity contribution in [2.75, 3.05) is 23.3 Å². The maximum Gasteiger partial charge on any atom is 0.262 e. The molecule has 3 aromatic rings. The highest BCUT2D eigenvalue weighted by Gasteiger charge is 2.26. The second kappa shape index (κ2) is 8.61. The molecule has 160 valence electrons. The number of carbonyl (C=O) groups excluding carboxylic acids is 1. The van der Waals surface area contributed by atoms with Gasteiger partial charge >= 0.3 is 0 Å². The van der Waals surface area contributed by atoms with Crippen molar-refractivity contribution in [1.29, 1.82) is 0 Å². The Labute approximate surface area is 186 Å². The number of anilines is 2. The lowest BCUT2D eigenvalue weighted by Gasteiger charge is -2.30.